The van der Waals surface area contributed by atoms with Crippen molar-refractivity contribution in [1.82, 2.24) is 9.97 Å². The Hall–Kier alpha value is -2.53. The van der Waals surface area contributed by atoms with Crippen LogP contribution in [0.4, 0.5) is 5.69 Å². The second-order valence-electron chi connectivity index (χ2n) is 7.70. The molecule has 1 fully saturated rings. The van der Waals surface area contributed by atoms with Gasteiger partial charge in [0.05, 0.1) is 24.9 Å². The lowest BCUT2D eigenvalue weighted by atomic mass is 9.97. The van der Waals surface area contributed by atoms with Gasteiger partial charge >= 0.3 is 0 Å². The van der Waals surface area contributed by atoms with Gasteiger partial charge in [-0.1, -0.05) is 0 Å². The summed E-state index contributed by atoms with van der Waals surface area (Å²) in [4.78, 5) is 10.2. The van der Waals surface area contributed by atoms with Gasteiger partial charge in [0.15, 0.2) is 0 Å². The predicted octanol–water partition coefficient (Wildman–Crippen LogP) is 3.82. The highest BCUT2D eigenvalue weighted by atomic mass is 16.5. The number of aryl methyl sites for hydroxylation is 2. The quantitative estimate of drug-likeness (QED) is 0.743. The minimum absolute atomic E-state index is 0.183. The molecule has 5 heteroatoms. The normalized spacial score (nSPS) is 19.3. The SMILES string of the molecule is Cc1c[nH]c2ncc(-c3cc4c(c(N5CCC[C@@H]5CO)c3)OCCC4)cc12. The first-order chi connectivity index (χ1) is 13.2. The molecule has 27 heavy (non-hydrogen) atoms. The summed E-state index contributed by atoms with van der Waals surface area (Å²) in [5.74, 6) is 1.01. The largest absolute Gasteiger partial charge is 0.491 e. The minimum atomic E-state index is 0.183. The molecule has 3 aromatic rings. The van der Waals surface area contributed by atoms with Crippen LogP contribution in [-0.2, 0) is 6.42 Å². The zero-order valence-electron chi connectivity index (χ0n) is 15.7. The van der Waals surface area contributed by atoms with Crippen LogP contribution in [0.2, 0.25) is 0 Å². The van der Waals surface area contributed by atoms with E-state index in [4.69, 9.17) is 4.74 Å². The first-order valence-corrected chi connectivity index (χ1v) is 9.86. The van der Waals surface area contributed by atoms with Crippen LogP contribution in [-0.4, -0.2) is 40.9 Å². The number of hydrogen-bond acceptors (Lipinski definition) is 4. The Bertz CT molecular complexity index is 995. The first kappa shape index (κ1) is 16.6. The Balaban J connectivity index is 1.66. The summed E-state index contributed by atoms with van der Waals surface area (Å²) in [6.45, 7) is 4.04. The molecule has 2 aromatic heterocycles. The third-order valence-electron chi connectivity index (χ3n) is 5.95. The molecule has 1 aromatic carbocycles. The van der Waals surface area contributed by atoms with Crippen LogP contribution < -0.4 is 9.64 Å². The number of aromatic nitrogens is 2. The van der Waals surface area contributed by atoms with E-state index in [9.17, 15) is 5.11 Å². The lowest BCUT2D eigenvalue weighted by Crippen LogP contribution is -2.33. The average molecular weight is 363 g/mol. The van der Waals surface area contributed by atoms with E-state index in [-0.39, 0.29) is 12.6 Å². The molecule has 2 aliphatic heterocycles. The van der Waals surface area contributed by atoms with Crippen LogP contribution in [0.5, 0.6) is 5.75 Å². The van der Waals surface area contributed by atoms with Crippen LogP contribution in [0.1, 0.15) is 30.4 Å². The van der Waals surface area contributed by atoms with E-state index in [2.05, 4.69) is 40.0 Å². The number of pyridine rings is 1. The number of anilines is 1. The number of nitrogens with one attached hydrogen (secondary N) is 1. The Kier molecular flexibility index (Phi) is 4.05. The molecule has 5 nitrogen and oxygen atoms in total. The van der Waals surface area contributed by atoms with Crippen molar-refractivity contribution in [3.63, 3.8) is 0 Å². The highest BCUT2D eigenvalue weighted by Gasteiger charge is 2.29. The Morgan fingerprint density at radius 3 is 3.07 bits per heavy atom. The van der Waals surface area contributed by atoms with Crippen molar-refractivity contribution in [1.29, 1.82) is 0 Å². The van der Waals surface area contributed by atoms with Crippen LogP contribution in [0.25, 0.3) is 22.2 Å². The molecule has 0 aliphatic carbocycles. The first-order valence-electron chi connectivity index (χ1n) is 9.86. The van der Waals surface area contributed by atoms with Gasteiger partial charge in [0, 0.05) is 29.9 Å². The lowest BCUT2D eigenvalue weighted by molar-refractivity contribution is 0.263. The molecule has 4 heterocycles. The fourth-order valence-electron chi connectivity index (χ4n) is 4.48. The van der Waals surface area contributed by atoms with E-state index in [0.29, 0.717) is 0 Å². The number of benzene rings is 1. The average Bonchev–Trinajstić information content (AvgIpc) is 3.33. The Morgan fingerprint density at radius 1 is 1.26 bits per heavy atom. The maximum absolute atomic E-state index is 9.82. The van der Waals surface area contributed by atoms with Crippen LogP contribution in [0, 0.1) is 6.92 Å². The van der Waals surface area contributed by atoms with Gasteiger partial charge in [-0.05, 0) is 67.5 Å². The summed E-state index contributed by atoms with van der Waals surface area (Å²) in [5.41, 5.74) is 6.83. The molecule has 0 radical (unpaired) electrons. The van der Waals surface area contributed by atoms with Crippen molar-refractivity contribution in [2.75, 3.05) is 24.7 Å². The van der Waals surface area contributed by atoms with Crippen molar-refractivity contribution < 1.29 is 9.84 Å². The maximum Gasteiger partial charge on any atom is 0.145 e. The van der Waals surface area contributed by atoms with Gasteiger partial charge in [-0.15, -0.1) is 0 Å². The van der Waals surface area contributed by atoms with Gasteiger partial charge in [-0.2, -0.15) is 0 Å². The van der Waals surface area contributed by atoms with Gasteiger partial charge < -0.3 is 19.7 Å². The molecular formula is C22H25N3O2. The number of nitrogens with zero attached hydrogens (tertiary/aromatic N) is 2. The smallest absolute Gasteiger partial charge is 0.145 e. The Labute approximate surface area is 159 Å². The van der Waals surface area contributed by atoms with Crippen molar-refractivity contribution in [2.24, 2.45) is 0 Å². The molecule has 5 rings (SSSR count). The van der Waals surface area contributed by atoms with Gasteiger partial charge in [-0.3, -0.25) is 0 Å². The maximum atomic E-state index is 9.82. The second-order valence-corrected chi connectivity index (χ2v) is 7.70. The van der Waals surface area contributed by atoms with Gasteiger partial charge in [0.25, 0.3) is 0 Å². The van der Waals surface area contributed by atoms with Crippen molar-refractivity contribution in [3.8, 4) is 16.9 Å². The molecule has 1 atom stereocenters. The van der Waals surface area contributed by atoms with Gasteiger partial charge in [0.2, 0.25) is 0 Å². The number of rotatable bonds is 3. The molecule has 0 amide bonds. The minimum Gasteiger partial charge on any atom is -0.491 e. The standard InChI is InChI=1S/C22H25N3O2/c1-14-11-23-22-19(14)9-17(12-24-22)16-8-15-4-3-7-27-21(15)20(10-16)25-6-2-5-18(25)13-26/h8-12,18,26H,2-7,13H2,1H3,(H,23,24)/t18-/m1/s1. The van der Waals surface area contributed by atoms with E-state index in [1.165, 1.54) is 16.7 Å². The van der Waals surface area contributed by atoms with Gasteiger partial charge in [-0.25, -0.2) is 4.98 Å². The summed E-state index contributed by atoms with van der Waals surface area (Å²) < 4.78 is 6.08. The van der Waals surface area contributed by atoms with E-state index < -0.39 is 0 Å². The third-order valence-corrected chi connectivity index (χ3v) is 5.95. The highest BCUT2D eigenvalue weighted by Crippen LogP contribution is 2.42. The lowest BCUT2D eigenvalue weighted by Gasteiger charge is -2.31. The topological polar surface area (TPSA) is 61.4 Å². The zero-order chi connectivity index (χ0) is 18.4. The number of ether oxygens (including phenoxy) is 1. The molecule has 0 spiro atoms. The number of H-pyrrole nitrogens is 1. The van der Waals surface area contributed by atoms with Crippen LogP contribution in [0.15, 0.2) is 30.6 Å². The zero-order valence-corrected chi connectivity index (χ0v) is 15.7. The van der Waals surface area contributed by atoms with Crippen molar-refractivity contribution in [3.05, 3.63) is 41.7 Å². The van der Waals surface area contributed by atoms with Gasteiger partial charge in [0.1, 0.15) is 11.4 Å². The molecule has 0 unspecified atom stereocenters. The van der Waals surface area contributed by atoms with Crippen LogP contribution in [0.3, 0.4) is 0 Å². The molecule has 140 valence electrons. The molecule has 2 aliphatic rings. The summed E-state index contributed by atoms with van der Waals surface area (Å²) in [5, 5.41) is 11.0. The predicted molar refractivity (Wildman–Crippen MR) is 108 cm³/mol. The molecule has 0 saturated carbocycles. The van der Waals surface area contributed by atoms with E-state index >= 15 is 0 Å². The summed E-state index contributed by atoms with van der Waals surface area (Å²) >= 11 is 0. The number of aliphatic hydroxyl groups excluding tert-OH is 1. The number of aliphatic hydroxyl groups is 1. The third kappa shape index (κ3) is 2.77. The summed E-state index contributed by atoms with van der Waals surface area (Å²) in [6.07, 6.45) is 8.18. The highest BCUT2D eigenvalue weighted by molar-refractivity contribution is 5.85. The van der Waals surface area contributed by atoms with Crippen LogP contribution >= 0.6 is 0 Å². The fraction of sp³-hybridized carbons (Fsp3) is 0.409. The monoisotopic (exact) mass is 363 g/mol. The Morgan fingerprint density at radius 2 is 2.19 bits per heavy atom. The van der Waals surface area contributed by atoms with Crippen molar-refractivity contribution >= 4 is 16.7 Å². The molecule has 1 saturated heterocycles. The fourth-order valence-corrected chi connectivity index (χ4v) is 4.48. The molecular weight excluding hydrogens is 338 g/mol. The second kappa shape index (κ2) is 6.57. The summed E-state index contributed by atoms with van der Waals surface area (Å²) in [6, 6.07) is 6.88. The summed E-state index contributed by atoms with van der Waals surface area (Å²) in [7, 11) is 0. The van der Waals surface area contributed by atoms with E-state index in [0.717, 1.165) is 66.9 Å². The number of aromatic amines is 1. The van der Waals surface area contributed by atoms with E-state index in [1.54, 1.807) is 0 Å². The number of fused-ring (bicyclic) bond motifs is 2. The van der Waals surface area contributed by atoms with E-state index in [1.807, 2.05) is 12.4 Å². The molecule has 0 bridgehead atoms. The number of hydrogen-bond donors (Lipinski definition) is 2. The van der Waals surface area contributed by atoms with Crippen molar-refractivity contribution in [2.45, 2.75) is 38.6 Å². The molecule has 2 N–H and O–H groups in total.